The normalized spacial score (nSPS) is 22.2. The highest BCUT2D eigenvalue weighted by Gasteiger charge is 2.42. The summed E-state index contributed by atoms with van der Waals surface area (Å²) in [6, 6.07) is 7.10. The molecule has 0 aromatic heterocycles. The third-order valence-electron chi connectivity index (χ3n) is 2.47. The molecular formula is C12H13NO3S. The van der Waals surface area contributed by atoms with E-state index in [4.69, 9.17) is 4.74 Å². The van der Waals surface area contributed by atoms with Gasteiger partial charge in [0.15, 0.2) is 0 Å². The Morgan fingerprint density at radius 2 is 2.18 bits per heavy atom. The highest BCUT2D eigenvalue weighted by atomic mass is 32.2. The van der Waals surface area contributed by atoms with Crippen molar-refractivity contribution in [2.24, 2.45) is 0 Å². The molecule has 0 bridgehead atoms. The number of benzene rings is 1. The third-order valence-corrected chi connectivity index (χ3v) is 3.63. The summed E-state index contributed by atoms with van der Waals surface area (Å²) >= 11 is 1.24. The number of carboxylic acids is 1. The first-order chi connectivity index (χ1) is 8.19. The number of nitrogens with one attached hydrogen (secondary N) is 1. The van der Waals surface area contributed by atoms with E-state index < -0.39 is 10.8 Å². The number of thioether (sulfide) groups is 1. The Morgan fingerprint density at radius 1 is 1.47 bits per heavy atom. The lowest BCUT2D eigenvalue weighted by atomic mass is 10.1. The Bertz CT molecular complexity index is 434. The topological polar surface area (TPSA) is 58.6 Å². The number of carboxylic acid groups (broad SMARTS) is 1. The van der Waals surface area contributed by atoms with Gasteiger partial charge >= 0.3 is 5.97 Å². The molecule has 0 spiro atoms. The molecule has 1 aliphatic rings. The van der Waals surface area contributed by atoms with Crippen molar-refractivity contribution in [3.8, 4) is 5.75 Å². The van der Waals surface area contributed by atoms with Crippen molar-refractivity contribution >= 4 is 17.7 Å². The van der Waals surface area contributed by atoms with Crippen molar-refractivity contribution in [1.29, 1.82) is 0 Å². The molecule has 0 aliphatic carbocycles. The molecule has 0 radical (unpaired) electrons. The summed E-state index contributed by atoms with van der Waals surface area (Å²) < 4.78 is 5.33. The zero-order chi connectivity index (χ0) is 12.3. The second-order valence-electron chi connectivity index (χ2n) is 3.51. The maximum absolute atomic E-state index is 11.4. The summed E-state index contributed by atoms with van der Waals surface area (Å²) in [7, 11) is 0. The monoisotopic (exact) mass is 251 g/mol. The Balaban J connectivity index is 2.29. The average Bonchev–Trinajstić information content (AvgIpc) is 2.81. The number of aliphatic carboxylic acids is 1. The van der Waals surface area contributed by atoms with Gasteiger partial charge in [0.05, 0.1) is 6.61 Å². The van der Waals surface area contributed by atoms with E-state index in [0.29, 0.717) is 12.2 Å². The first kappa shape index (κ1) is 11.9. The van der Waals surface area contributed by atoms with Crippen molar-refractivity contribution in [1.82, 2.24) is 5.32 Å². The van der Waals surface area contributed by atoms with Crippen LogP contribution in [0, 0.1) is 0 Å². The van der Waals surface area contributed by atoms with Crippen LogP contribution in [0.2, 0.25) is 0 Å². The zero-order valence-electron chi connectivity index (χ0n) is 9.34. The van der Waals surface area contributed by atoms with Gasteiger partial charge in [0.25, 0.3) is 0 Å². The Hall–Kier alpha value is -1.62. The summed E-state index contributed by atoms with van der Waals surface area (Å²) in [5.74, 6) is -0.163. The fourth-order valence-corrected chi connectivity index (χ4v) is 2.51. The first-order valence-electron chi connectivity index (χ1n) is 5.26. The molecule has 0 saturated carbocycles. The molecule has 0 amide bonds. The van der Waals surface area contributed by atoms with Crippen LogP contribution in [-0.2, 0) is 9.67 Å². The first-order valence-corrected chi connectivity index (χ1v) is 6.14. The summed E-state index contributed by atoms with van der Waals surface area (Å²) in [6.07, 6.45) is 1.65. The highest BCUT2D eigenvalue weighted by molar-refractivity contribution is 8.03. The minimum Gasteiger partial charge on any atom is -0.494 e. The zero-order valence-corrected chi connectivity index (χ0v) is 10.2. The van der Waals surface area contributed by atoms with Gasteiger partial charge in [-0.3, -0.25) is 0 Å². The van der Waals surface area contributed by atoms with E-state index in [1.54, 1.807) is 35.9 Å². The molecule has 1 unspecified atom stereocenters. The Morgan fingerprint density at radius 3 is 2.65 bits per heavy atom. The Labute approximate surface area is 104 Å². The van der Waals surface area contributed by atoms with Gasteiger partial charge in [0.2, 0.25) is 4.87 Å². The second-order valence-corrected chi connectivity index (χ2v) is 4.63. The van der Waals surface area contributed by atoms with Crippen LogP contribution in [0.3, 0.4) is 0 Å². The highest BCUT2D eigenvalue weighted by Crippen LogP contribution is 2.39. The van der Waals surface area contributed by atoms with Crippen molar-refractivity contribution in [2.75, 3.05) is 6.61 Å². The van der Waals surface area contributed by atoms with E-state index >= 15 is 0 Å². The van der Waals surface area contributed by atoms with E-state index in [9.17, 15) is 9.90 Å². The fraction of sp³-hybridized carbons (Fsp3) is 0.250. The predicted octanol–water partition coefficient (Wildman–Crippen LogP) is 2.13. The number of carbonyl (C=O) groups is 1. The molecule has 1 aromatic carbocycles. The van der Waals surface area contributed by atoms with E-state index in [1.165, 1.54) is 11.8 Å². The van der Waals surface area contributed by atoms with Gasteiger partial charge in [0.1, 0.15) is 5.75 Å². The molecule has 1 aliphatic heterocycles. The predicted molar refractivity (Wildman–Crippen MR) is 66.8 cm³/mol. The lowest BCUT2D eigenvalue weighted by Crippen LogP contribution is -2.41. The molecule has 1 aromatic rings. The summed E-state index contributed by atoms with van der Waals surface area (Å²) in [4.78, 5) is 10.3. The number of ether oxygens (including phenoxy) is 1. The largest absolute Gasteiger partial charge is 0.494 e. The molecule has 0 fully saturated rings. The average molecular weight is 251 g/mol. The molecule has 1 heterocycles. The van der Waals surface area contributed by atoms with Crippen LogP contribution in [0.4, 0.5) is 0 Å². The van der Waals surface area contributed by atoms with Gasteiger partial charge in [-0.25, -0.2) is 4.79 Å². The van der Waals surface area contributed by atoms with E-state index in [-0.39, 0.29) is 0 Å². The smallest absolute Gasteiger partial charge is 0.345 e. The van der Waals surface area contributed by atoms with E-state index in [1.807, 2.05) is 6.92 Å². The third kappa shape index (κ3) is 2.10. The molecule has 5 heteroatoms. The van der Waals surface area contributed by atoms with Gasteiger partial charge in [0, 0.05) is 6.20 Å². The molecule has 17 heavy (non-hydrogen) atoms. The molecule has 0 saturated heterocycles. The minimum absolute atomic E-state index is 0.595. The molecular weight excluding hydrogens is 238 g/mol. The van der Waals surface area contributed by atoms with Crippen LogP contribution in [0.15, 0.2) is 35.9 Å². The summed E-state index contributed by atoms with van der Waals surface area (Å²) in [5.41, 5.74) is 0.698. The molecule has 4 nitrogen and oxygen atoms in total. The van der Waals surface area contributed by atoms with Crippen molar-refractivity contribution < 1.29 is 14.6 Å². The molecule has 90 valence electrons. The van der Waals surface area contributed by atoms with Crippen LogP contribution in [0.5, 0.6) is 5.75 Å². The van der Waals surface area contributed by atoms with E-state index in [0.717, 1.165) is 5.75 Å². The maximum Gasteiger partial charge on any atom is 0.345 e. The lowest BCUT2D eigenvalue weighted by Gasteiger charge is -2.24. The fourth-order valence-electron chi connectivity index (χ4n) is 1.66. The van der Waals surface area contributed by atoms with Crippen LogP contribution < -0.4 is 10.1 Å². The van der Waals surface area contributed by atoms with Crippen LogP contribution in [0.1, 0.15) is 12.5 Å². The van der Waals surface area contributed by atoms with Crippen LogP contribution >= 0.6 is 11.8 Å². The summed E-state index contributed by atoms with van der Waals surface area (Å²) in [5, 5.41) is 14.0. The standard InChI is InChI=1S/C12H13NO3S/c1-2-16-10-5-3-9(4-6-10)12(11(14)15)13-7-8-17-12/h3-8,13H,2H2,1H3,(H,14,15). The Kier molecular flexibility index (Phi) is 3.28. The van der Waals surface area contributed by atoms with Crippen LogP contribution in [-0.4, -0.2) is 17.7 Å². The maximum atomic E-state index is 11.4. The number of rotatable bonds is 4. The van der Waals surface area contributed by atoms with Crippen molar-refractivity contribution in [2.45, 2.75) is 11.8 Å². The van der Waals surface area contributed by atoms with Gasteiger partial charge < -0.3 is 15.2 Å². The molecule has 2 N–H and O–H groups in total. The lowest BCUT2D eigenvalue weighted by molar-refractivity contribution is -0.140. The van der Waals surface area contributed by atoms with Gasteiger partial charge in [-0.1, -0.05) is 23.9 Å². The van der Waals surface area contributed by atoms with Gasteiger partial charge in [-0.05, 0) is 30.0 Å². The second kappa shape index (κ2) is 4.71. The van der Waals surface area contributed by atoms with Gasteiger partial charge in [-0.15, -0.1) is 0 Å². The number of hydrogen-bond donors (Lipinski definition) is 2. The molecule has 2 rings (SSSR count). The van der Waals surface area contributed by atoms with Gasteiger partial charge in [-0.2, -0.15) is 0 Å². The molecule has 1 atom stereocenters. The number of hydrogen-bond acceptors (Lipinski definition) is 4. The van der Waals surface area contributed by atoms with E-state index in [2.05, 4.69) is 5.32 Å². The van der Waals surface area contributed by atoms with Crippen molar-refractivity contribution in [3.63, 3.8) is 0 Å². The van der Waals surface area contributed by atoms with Crippen LogP contribution in [0.25, 0.3) is 0 Å². The minimum atomic E-state index is -1.11. The van der Waals surface area contributed by atoms with Crippen molar-refractivity contribution in [3.05, 3.63) is 41.4 Å². The quantitative estimate of drug-likeness (QED) is 0.858. The summed E-state index contributed by atoms with van der Waals surface area (Å²) in [6.45, 7) is 2.50. The SMILES string of the molecule is CCOc1ccc(C2(C(=O)O)NC=CS2)cc1.